The molecular weight excluding hydrogens is 398 g/mol. The Balaban J connectivity index is 1.23. The molecule has 3 aromatic rings. The highest BCUT2D eigenvalue weighted by molar-refractivity contribution is 5.95. The molecule has 0 aliphatic carbocycles. The first-order valence-electron chi connectivity index (χ1n) is 11.8. The molecule has 0 unspecified atom stereocenters. The van der Waals surface area contributed by atoms with Crippen molar-refractivity contribution in [3.05, 3.63) is 65.4 Å². The fraction of sp³-hybridized carbons (Fsp3) is 0.462. The number of aromatic nitrogens is 3. The lowest BCUT2D eigenvalue weighted by molar-refractivity contribution is 0.0790. The topological polar surface area (TPSA) is 62.2 Å². The molecule has 2 saturated heterocycles. The monoisotopic (exact) mass is 429 g/mol. The van der Waals surface area contributed by atoms with Crippen LogP contribution in [0.25, 0.3) is 10.9 Å². The van der Waals surface area contributed by atoms with Crippen LogP contribution < -0.4 is 0 Å². The van der Waals surface area contributed by atoms with Crippen molar-refractivity contribution in [1.82, 2.24) is 24.8 Å². The van der Waals surface area contributed by atoms with E-state index in [0.29, 0.717) is 11.5 Å². The zero-order valence-electron chi connectivity index (χ0n) is 18.8. The van der Waals surface area contributed by atoms with Gasteiger partial charge in [0.2, 0.25) is 0 Å². The van der Waals surface area contributed by atoms with Crippen LogP contribution in [0.3, 0.4) is 0 Å². The van der Waals surface area contributed by atoms with Gasteiger partial charge in [-0.15, -0.1) is 0 Å². The first kappa shape index (κ1) is 21.0. The minimum absolute atomic E-state index is 0.111. The molecule has 2 fully saturated rings. The molecule has 0 radical (unpaired) electrons. The predicted molar refractivity (Wildman–Crippen MR) is 125 cm³/mol. The highest BCUT2D eigenvalue weighted by Gasteiger charge is 2.26. The van der Waals surface area contributed by atoms with Gasteiger partial charge >= 0.3 is 0 Å². The highest BCUT2D eigenvalue weighted by Crippen LogP contribution is 2.26. The van der Waals surface area contributed by atoms with Crippen LogP contribution in [-0.2, 0) is 13.0 Å². The van der Waals surface area contributed by atoms with Gasteiger partial charge in [-0.1, -0.05) is 18.2 Å². The normalized spacial score (nSPS) is 17.8. The minimum Gasteiger partial charge on any atom is -0.339 e. The van der Waals surface area contributed by atoms with Crippen molar-refractivity contribution in [2.24, 2.45) is 5.92 Å². The molecule has 6 heteroatoms. The van der Waals surface area contributed by atoms with E-state index < -0.39 is 0 Å². The molecule has 2 aliphatic rings. The smallest absolute Gasteiger partial charge is 0.257 e. The van der Waals surface area contributed by atoms with Crippen molar-refractivity contribution >= 4 is 16.8 Å². The number of hydrogen-bond donors (Lipinski definition) is 0. The van der Waals surface area contributed by atoms with Gasteiger partial charge in [-0.2, -0.15) is 0 Å². The molecule has 0 N–H and O–H groups in total. The molecule has 6 nitrogen and oxygen atoms in total. The summed E-state index contributed by atoms with van der Waals surface area (Å²) in [6.07, 6.45) is 8.98. The maximum absolute atomic E-state index is 13.0. The van der Waals surface area contributed by atoms with Crippen LogP contribution >= 0.6 is 0 Å². The number of fused-ring (bicyclic) bond motifs is 1. The largest absolute Gasteiger partial charge is 0.339 e. The molecule has 1 amide bonds. The maximum atomic E-state index is 13.0. The first-order valence-corrected chi connectivity index (χ1v) is 11.8. The Bertz CT molecular complexity index is 1100. The lowest BCUT2D eigenvalue weighted by Crippen LogP contribution is -2.34. The standard InChI is InChI=1S/C26H31N5O/c1-19-28-17-23(26(32)31-12-4-5-13-31)25(29-19)16-20-9-14-30(15-10-20)18-21-8-11-27-24-7-3-2-6-22(21)24/h2-3,6-8,11,17,20H,4-5,9-10,12-16,18H2,1H3. The summed E-state index contributed by atoms with van der Waals surface area (Å²) in [6, 6.07) is 10.5. The van der Waals surface area contributed by atoms with Crippen LogP contribution in [0.1, 0.15) is 53.1 Å². The lowest BCUT2D eigenvalue weighted by Gasteiger charge is -2.32. The van der Waals surface area contributed by atoms with Gasteiger partial charge in [0.25, 0.3) is 5.91 Å². The molecule has 2 aliphatic heterocycles. The number of hydrogen-bond acceptors (Lipinski definition) is 5. The Morgan fingerprint density at radius 3 is 2.62 bits per heavy atom. The number of para-hydroxylation sites is 1. The summed E-state index contributed by atoms with van der Waals surface area (Å²) < 4.78 is 0. The van der Waals surface area contributed by atoms with Crippen LogP contribution in [0.4, 0.5) is 0 Å². The maximum Gasteiger partial charge on any atom is 0.257 e. The number of piperidine rings is 1. The van der Waals surface area contributed by atoms with Crippen LogP contribution in [0.5, 0.6) is 0 Å². The van der Waals surface area contributed by atoms with Gasteiger partial charge in [0.15, 0.2) is 0 Å². The van der Waals surface area contributed by atoms with Crippen molar-refractivity contribution < 1.29 is 4.79 Å². The molecule has 32 heavy (non-hydrogen) atoms. The van der Waals surface area contributed by atoms with E-state index >= 15 is 0 Å². The Labute approximate surface area is 189 Å². The van der Waals surface area contributed by atoms with Crippen LogP contribution in [-0.4, -0.2) is 56.8 Å². The quantitative estimate of drug-likeness (QED) is 0.613. The minimum atomic E-state index is 0.111. The summed E-state index contributed by atoms with van der Waals surface area (Å²) in [5.74, 6) is 1.42. The Morgan fingerprint density at radius 1 is 1.03 bits per heavy atom. The molecule has 0 spiro atoms. The number of nitrogens with zero attached hydrogens (tertiary/aromatic N) is 5. The number of benzene rings is 1. The van der Waals surface area contributed by atoms with Crippen molar-refractivity contribution in [2.45, 2.75) is 45.6 Å². The number of likely N-dealkylation sites (tertiary alicyclic amines) is 2. The molecular formula is C26H31N5O. The summed E-state index contributed by atoms with van der Waals surface area (Å²) in [5.41, 5.74) is 4.06. The highest BCUT2D eigenvalue weighted by atomic mass is 16.2. The molecule has 2 aromatic heterocycles. The SMILES string of the molecule is Cc1ncc(C(=O)N2CCCC2)c(CC2CCN(Cc3ccnc4ccccc34)CC2)n1. The van der Waals surface area contributed by atoms with E-state index in [1.165, 1.54) is 10.9 Å². The van der Waals surface area contributed by atoms with E-state index in [1.54, 1.807) is 6.20 Å². The Morgan fingerprint density at radius 2 is 1.81 bits per heavy atom. The van der Waals surface area contributed by atoms with E-state index in [-0.39, 0.29) is 5.91 Å². The number of carbonyl (C=O) groups excluding carboxylic acids is 1. The van der Waals surface area contributed by atoms with Gasteiger partial charge in [-0.25, -0.2) is 9.97 Å². The van der Waals surface area contributed by atoms with E-state index in [2.05, 4.69) is 39.1 Å². The zero-order valence-corrected chi connectivity index (χ0v) is 18.8. The predicted octanol–water partition coefficient (Wildman–Crippen LogP) is 4.02. The second kappa shape index (κ2) is 9.33. The second-order valence-electron chi connectivity index (χ2n) is 9.19. The summed E-state index contributed by atoms with van der Waals surface area (Å²) in [6.45, 7) is 6.72. The van der Waals surface area contributed by atoms with Crippen molar-refractivity contribution in [3.63, 3.8) is 0 Å². The molecule has 166 valence electrons. The Hall–Kier alpha value is -2.86. The first-order chi connectivity index (χ1) is 15.7. The van der Waals surface area contributed by atoms with Gasteiger partial charge in [0.05, 0.1) is 16.8 Å². The van der Waals surface area contributed by atoms with E-state index in [0.717, 1.165) is 81.9 Å². The summed E-state index contributed by atoms with van der Waals surface area (Å²) in [4.78, 5) is 31.0. The number of pyridine rings is 1. The summed E-state index contributed by atoms with van der Waals surface area (Å²) >= 11 is 0. The number of rotatable bonds is 5. The number of aryl methyl sites for hydroxylation is 1. The third kappa shape index (κ3) is 4.51. The fourth-order valence-electron chi connectivity index (χ4n) is 5.10. The van der Waals surface area contributed by atoms with Gasteiger partial charge in [-0.05, 0) is 75.7 Å². The van der Waals surface area contributed by atoms with Crippen LogP contribution in [0, 0.1) is 12.8 Å². The van der Waals surface area contributed by atoms with Gasteiger partial charge in [-0.3, -0.25) is 14.7 Å². The summed E-state index contributed by atoms with van der Waals surface area (Å²) in [5, 5.41) is 1.25. The molecule has 5 rings (SSSR count). The third-order valence-corrected chi connectivity index (χ3v) is 6.93. The number of amides is 1. The Kier molecular flexibility index (Phi) is 6.12. The molecule has 0 saturated carbocycles. The average molecular weight is 430 g/mol. The fourth-order valence-corrected chi connectivity index (χ4v) is 5.10. The van der Waals surface area contributed by atoms with Crippen LogP contribution in [0.15, 0.2) is 42.7 Å². The van der Waals surface area contributed by atoms with E-state index in [9.17, 15) is 4.79 Å². The molecule has 0 bridgehead atoms. The second-order valence-corrected chi connectivity index (χ2v) is 9.19. The van der Waals surface area contributed by atoms with E-state index in [4.69, 9.17) is 4.98 Å². The third-order valence-electron chi connectivity index (χ3n) is 6.93. The molecule has 1 aromatic carbocycles. The van der Waals surface area contributed by atoms with Crippen molar-refractivity contribution in [3.8, 4) is 0 Å². The summed E-state index contributed by atoms with van der Waals surface area (Å²) in [7, 11) is 0. The molecule has 4 heterocycles. The zero-order chi connectivity index (χ0) is 21.9. The average Bonchev–Trinajstić information content (AvgIpc) is 3.35. The van der Waals surface area contributed by atoms with Gasteiger partial charge in [0.1, 0.15) is 5.82 Å². The van der Waals surface area contributed by atoms with Gasteiger partial charge in [0, 0.05) is 37.4 Å². The van der Waals surface area contributed by atoms with E-state index in [1.807, 2.05) is 24.1 Å². The van der Waals surface area contributed by atoms with Crippen molar-refractivity contribution in [1.29, 1.82) is 0 Å². The van der Waals surface area contributed by atoms with Crippen molar-refractivity contribution in [2.75, 3.05) is 26.2 Å². The lowest BCUT2D eigenvalue weighted by atomic mass is 9.90. The molecule has 0 atom stereocenters. The van der Waals surface area contributed by atoms with Crippen LogP contribution in [0.2, 0.25) is 0 Å². The number of carbonyl (C=O) groups is 1. The van der Waals surface area contributed by atoms with Gasteiger partial charge < -0.3 is 4.90 Å².